The molecule has 1 aliphatic heterocycles. The van der Waals surface area contributed by atoms with Crippen LogP contribution in [0.1, 0.15) is 18.1 Å². The van der Waals surface area contributed by atoms with Gasteiger partial charge in [0.25, 0.3) is 0 Å². The fourth-order valence-electron chi connectivity index (χ4n) is 2.88. The van der Waals surface area contributed by atoms with Crippen molar-refractivity contribution < 1.29 is 0 Å². The monoisotopic (exact) mass is 311 g/mol. The Morgan fingerprint density at radius 2 is 1.96 bits per heavy atom. The van der Waals surface area contributed by atoms with E-state index in [4.69, 9.17) is 0 Å². The molecule has 1 aromatic heterocycles. The number of hydrogen-bond acceptors (Lipinski definition) is 5. The Morgan fingerprint density at radius 3 is 2.70 bits per heavy atom. The van der Waals surface area contributed by atoms with Gasteiger partial charge in [-0.1, -0.05) is 36.8 Å². The fourth-order valence-corrected chi connectivity index (χ4v) is 2.88. The van der Waals surface area contributed by atoms with Gasteiger partial charge in [0, 0.05) is 38.9 Å². The standard InChI is InChI=1S/C18H25N5/c1-3-22-9-11-23(12-10-22)18-19-8-7-17(21-18)20-14-16-6-4-5-15(2)13-16/h4-8,13H,3,9-12,14H2,1-2H3,(H,19,20,21). The highest BCUT2D eigenvalue weighted by Crippen LogP contribution is 2.14. The highest BCUT2D eigenvalue weighted by Gasteiger charge is 2.17. The highest BCUT2D eigenvalue weighted by molar-refractivity contribution is 5.42. The molecule has 1 aliphatic rings. The molecule has 0 amide bonds. The fraction of sp³-hybridized carbons (Fsp3) is 0.444. The third kappa shape index (κ3) is 4.20. The van der Waals surface area contributed by atoms with Crippen molar-refractivity contribution in [1.29, 1.82) is 0 Å². The van der Waals surface area contributed by atoms with E-state index in [-0.39, 0.29) is 0 Å². The van der Waals surface area contributed by atoms with E-state index in [1.165, 1.54) is 11.1 Å². The second-order valence-corrected chi connectivity index (χ2v) is 6.01. The summed E-state index contributed by atoms with van der Waals surface area (Å²) in [7, 11) is 0. The molecule has 0 radical (unpaired) electrons. The van der Waals surface area contributed by atoms with Crippen LogP contribution < -0.4 is 10.2 Å². The van der Waals surface area contributed by atoms with Crippen molar-refractivity contribution in [1.82, 2.24) is 14.9 Å². The Morgan fingerprint density at radius 1 is 1.13 bits per heavy atom. The lowest BCUT2D eigenvalue weighted by Crippen LogP contribution is -2.46. The van der Waals surface area contributed by atoms with Gasteiger partial charge in [-0.15, -0.1) is 0 Å². The van der Waals surface area contributed by atoms with Crippen molar-refractivity contribution >= 4 is 11.8 Å². The van der Waals surface area contributed by atoms with Crippen LogP contribution in [0.3, 0.4) is 0 Å². The predicted octanol–water partition coefficient (Wildman–Crippen LogP) is 2.54. The second kappa shape index (κ2) is 7.42. The largest absolute Gasteiger partial charge is 0.366 e. The van der Waals surface area contributed by atoms with E-state index in [1.54, 1.807) is 0 Å². The van der Waals surface area contributed by atoms with Gasteiger partial charge in [0.15, 0.2) is 0 Å². The summed E-state index contributed by atoms with van der Waals surface area (Å²) in [6.45, 7) is 10.4. The van der Waals surface area contributed by atoms with E-state index in [0.29, 0.717) is 0 Å². The highest BCUT2D eigenvalue weighted by atomic mass is 15.3. The summed E-state index contributed by atoms with van der Waals surface area (Å²) in [6.07, 6.45) is 1.84. The van der Waals surface area contributed by atoms with Gasteiger partial charge in [-0.25, -0.2) is 4.98 Å². The molecule has 2 aromatic rings. The molecule has 2 heterocycles. The summed E-state index contributed by atoms with van der Waals surface area (Å²) in [5.41, 5.74) is 2.54. The number of benzene rings is 1. The van der Waals surface area contributed by atoms with Crippen molar-refractivity contribution in [2.75, 3.05) is 42.9 Å². The smallest absolute Gasteiger partial charge is 0.227 e. The molecular formula is C18H25N5. The number of nitrogens with one attached hydrogen (secondary N) is 1. The Labute approximate surface area is 138 Å². The molecular weight excluding hydrogens is 286 g/mol. The van der Waals surface area contributed by atoms with E-state index < -0.39 is 0 Å². The summed E-state index contributed by atoms with van der Waals surface area (Å²) in [6, 6.07) is 10.5. The zero-order valence-corrected chi connectivity index (χ0v) is 14.0. The van der Waals surface area contributed by atoms with E-state index in [2.05, 4.69) is 63.2 Å². The molecule has 1 N–H and O–H groups in total. The molecule has 0 spiro atoms. The molecule has 0 atom stereocenters. The van der Waals surface area contributed by atoms with Gasteiger partial charge in [0.1, 0.15) is 5.82 Å². The second-order valence-electron chi connectivity index (χ2n) is 6.01. The first-order valence-electron chi connectivity index (χ1n) is 8.34. The number of aromatic nitrogens is 2. The Hall–Kier alpha value is -2.14. The predicted molar refractivity (Wildman–Crippen MR) is 94.9 cm³/mol. The molecule has 122 valence electrons. The SMILES string of the molecule is CCN1CCN(c2nccc(NCc3cccc(C)c3)n2)CC1. The molecule has 0 aliphatic carbocycles. The van der Waals surface area contributed by atoms with Crippen LogP contribution in [0.15, 0.2) is 36.5 Å². The van der Waals surface area contributed by atoms with Crippen LogP contribution in [0.4, 0.5) is 11.8 Å². The minimum absolute atomic E-state index is 0.780. The van der Waals surface area contributed by atoms with E-state index in [0.717, 1.165) is 51.0 Å². The number of aryl methyl sites for hydroxylation is 1. The maximum Gasteiger partial charge on any atom is 0.227 e. The van der Waals surface area contributed by atoms with Crippen LogP contribution in [-0.4, -0.2) is 47.6 Å². The lowest BCUT2D eigenvalue weighted by Gasteiger charge is -2.34. The topological polar surface area (TPSA) is 44.3 Å². The summed E-state index contributed by atoms with van der Waals surface area (Å²) < 4.78 is 0. The Kier molecular flexibility index (Phi) is 5.08. The maximum absolute atomic E-state index is 4.67. The molecule has 1 saturated heterocycles. The summed E-state index contributed by atoms with van der Waals surface area (Å²) in [4.78, 5) is 13.8. The Balaban J connectivity index is 1.61. The minimum atomic E-state index is 0.780. The third-order valence-corrected chi connectivity index (χ3v) is 4.30. The van der Waals surface area contributed by atoms with Crippen LogP contribution in [0.2, 0.25) is 0 Å². The quantitative estimate of drug-likeness (QED) is 0.919. The zero-order chi connectivity index (χ0) is 16.1. The van der Waals surface area contributed by atoms with Crippen molar-refractivity contribution in [3.8, 4) is 0 Å². The van der Waals surface area contributed by atoms with Crippen LogP contribution in [0, 0.1) is 6.92 Å². The van der Waals surface area contributed by atoms with Crippen molar-refractivity contribution in [2.45, 2.75) is 20.4 Å². The van der Waals surface area contributed by atoms with Crippen molar-refractivity contribution in [2.24, 2.45) is 0 Å². The number of rotatable bonds is 5. The van der Waals surface area contributed by atoms with Gasteiger partial charge in [-0.2, -0.15) is 4.98 Å². The molecule has 0 unspecified atom stereocenters. The molecule has 0 saturated carbocycles. The number of likely N-dealkylation sites (N-methyl/N-ethyl adjacent to an activating group) is 1. The van der Waals surface area contributed by atoms with Gasteiger partial charge < -0.3 is 15.1 Å². The summed E-state index contributed by atoms with van der Waals surface area (Å²) >= 11 is 0. The van der Waals surface area contributed by atoms with Crippen LogP contribution in [-0.2, 0) is 6.54 Å². The normalized spacial score (nSPS) is 15.7. The molecule has 0 bridgehead atoms. The lowest BCUT2D eigenvalue weighted by molar-refractivity contribution is 0.270. The lowest BCUT2D eigenvalue weighted by atomic mass is 10.1. The average molecular weight is 311 g/mol. The first-order valence-corrected chi connectivity index (χ1v) is 8.34. The van der Waals surface area contributed by atoms with Crippen molar-refractivity contribution in [3.63, 3.8) is 0 Å². The van der Waals surface area contributed by atoms with E-state index >= 15 is 0 Å². The molecule has 5 nitrogen and oxygen atoms in total. The molecule has 3 rings (SSSR count). The van der Waals surface area contributed by atoms with Crippen LogP contribution in [0.5, 0.6) is 0 Å². The number of nitrogens with zero attached hydrogens (tertiary/aromatic N) is 4. The van der Waals surface area contributed by atoms with Gasteiger partial charge in [-0.05, 0) is 25.1 Å². The first-order chi connectivity index (χ1) is 11.2. The van der Waals surface area contributed by atoms with Gasteiger partial charge >= 0.3 is 0 Å². The van der Waals surface area contributed by atoms with E-state index in [1.807, 2.05) is 12.3 Å². The third-order valence-electron chi connectivity index (χ3n) is 4.30. The van der Waals surface area contributed by atoms with Gasteiger partial charge in [0.2, 0.25) is 5.95 Å². The van der Waals surface area contributed by atoms with Crippen LogP contribution in [0.25, 0.3) is 0 Å². The first kappa shape index (κ1) is 15.7. The number of piperazine rings is 1. The number of anilines is 2. The van der Waals surface area contributed by atoms with E-state index in [9.17, 15) is 0 Å². The number of hydrogen-bond donors (Lipinski definition) is 1. The summed E-state index contributed by atoms with van der Waals surface area (Å²) in [5, 5.41) is 3.40. The maximum atomic E-state index is 4.67. The molecule has 23 heavy (non-hydrogen) atoms. The zero-order valence-electron chi connectivity index (χ0n) is 14.0. The van der Waals surface area contributed by atoms with Crippen LogP contribution >= 0.6 is 0 Å². The van der Waals surface area contributed by atoms with Gasteiger partial charge in [-0.3, -0.25) is 0 Å². The average Bonchev–Trinajstić information content (AvgIpc) is 2.60. The molecule has 5 heteroatoms. The van der Waals surface area contributed by atoms with Gasteiger partial charge in [0.05, 0.1) is 0 Å². The minimum Gasteiger partial charge on any atom is -0.366 e. The summed E-state index contributed by atoms with van der Waals surface area (Å²) in [5.74, 6) is 1.71. The Bertz CT molecular complexity index is 635. The molecule has 1 aromatic carbocycles. The molecule has 1 fully saturated rings. The van der Waals surface area contributed by atoms with Crippen molar-refractivity contribution in [3.05, 3.63) is 47.7 Å².